The van der Waals surface area contributed by atoms with Gasteiger partial charge in [-0.3, -0.25) is 0 Å². The second kappa shape index (κ2) is 4.52. The Morgan fingerprint density at radius 3 is 2.36 bits per heavy atom. The van der Waals surface area contributed by atoms with E-state index in [0.29, 0.717) is 0 Å². The van der Waals surface area contributed by atoms with E-state index in [4.69, 9.17) is 16.3 Å². The molecule has 0 spiro atoms. The van der Waals surface area contributed by atoms with E-state index < -0.39 is 5.43 Å². The Morgan fingerprint density at radius 1 is 1.29 bits per heavy atom. The minimum Gasteiger partial charge on any atom is -0.447 e. The van der Waals surface area contributed by atoms with Crippen molar-refractivity contribution in [2.24, 2.45) is 5.92 Å². The normalized spacial score (nSPS) is 35.6. The van der Waals surface area contributed by atoms with E-state index in [1.54, 1.807) is 0 Å². The predicted octanol–water partition coefficient (Wildman–Crippen LogP) is 4.11. The zero-order valence-corrected chi connectivity index (χ0v) is 8.48. The molecule has 0 N–H and O–H groups in total. The fraction of sp³-hybridized carbons (Fsp3) is 0.909. The number of carbonyl (C=O) groups is 1. The molecule has 0 aliphatic heterocycles. The molecule has 2 aliphatic rings. The first kappa shape index (κ1) is 11.8. The highest BCUT2D eigenvalue weighted by atomic mass is 35.5. The van der Waals surface area contributed by atoms with Crippen LogP contribution in [0.25, 0.3) is 0 Å². The first-order chi connectivity index (χ1) is 6.20. The molecule has 3 heteroatoms. The first-order valence-electron chi connectivity index (χ1n) is 5.09. The second-order valence-electron chi connectivity index (χ2n) is 4.38. The maximum Gasteiger partial charge on any atom is 0.404 e. The first-order valence-corrected chi connectivity index (χ1v) is 5.46. The van der Waals surface area contributed by atoms with Crippen molar-refractivity contribution in [2.45, 2.75) is 58.0 Å². The topological polar surface area (TPSA) is 26.3 Å². The van der Waals surface area contributed by atoms with Gasteiger partial charge in [0.25, 0.3) is 0 Å². The largest absolute Gasteiger partial charge is 0.447 e. The number of hydrogen-bond acceptors (Lipinski definition) is 2. The van der Waals surface area contributed by atoms with Crippen LogP contribution in [0.5, 0.6) is 0 Å². The molecule has 2 fully saturated rings. The third kappa shape index (κ3) is 2.41. The summed E-state index contributed by atoms with van der Waals surface area (Å²) >= 11 is 5.29. The van der Waals surface area contributed by atoms with Crippen LogP contribution in [0.3, 0.4) is 0 Å². The standard InChI is InChI=1S/C10H15ClO2.CH4/c11-9(12)13-10-5-1-3-8(7-10)4-2-6-10;/h8H,1-7H2;1H4. The van der Waals surface area contributed by atoms with Crippen LogP contribution in [0.2, 0.25) is 0 Å². The predicted molar refractivity (Wildman–Crippen MR) is 57.6 cm³/mol. The smallest absolute Gasteiger partial charge is 0.404 e. The van der Waals surface area contributed by atoms with Crippen LogP contribution in [0.15, 0.2) is 0 Å². The van der Waals surface area contributed by atoms with Crippen LogP contribution < -0.4 is 0 Å². The third-order valence-corrected chi connectivity index (χ3v) is 3.52. The Bertz CT molecular complexity index is 205. The fourth-order valence-corrected chi connectivity index (χ4v) is 3.11. The molecular weight excluding hydrogens is 200 g/mol. The zero-order valence-electron chi connectivity index (χ0n) is 7.72. The van der Waals surface area contributed by atoms with E-state index in [0.717, 1.165) is 25.2 Å². The van der Waals surface area contributed by atoms with Gasteiger partial charge >= 0.3 is 5.43 Å². The quantitative estimate of drug-likeness (QED) is 0.619. The molecule has 0 aromatic rings. The van der Waals surface area contributed by atoms with Crippen LogP contribution in [-0.2, 0) is 4.74 Å². The highest BCUT2D eigenvalue weighted by molar-refractivity contribution is 6.61. The van der Waals surface area contributed by atoms with Crippen LogP contribution in [0.4, 0.5) is 4.79 Å². The van der Waals surface area contributed by atoms with E-state index in [9.17, 15) is 4.79 Å². The van der Waals surface area contributed by atoms with Gasteiger partial charge in [0.05, 0.1) is 0 Å². The molecule has 2 saturated carbocycles. The van der Waals surface area contributed by atoms with E-state index in [-0.39, 0.29) is 13.0 Å². The van der Waals surface area contributed by atoms with Gasteiger partial charge in [-0.25, -0.2) is 4.79 Å². The van der Waals surface area contributed by atoms with Crippen molar-refractivity contribution in [3.8, 4) is 0 Å². The molecule has 0 radical (unpaired) electrons. The molecule has 0 unspecified atom stereocenters. The number of ether oxygens (including phenoxy) is 1. The number of halogens is 1. The highest BCUT2D eigenvalue weighted by Gasteiger charge is 2.41. The van der Waals surface area contributed by atoms with Gasteiger partial charge in [0.2, 0.25) is 0 Å². The van der Waals surface area contributed by atoms with Gasteiger partial charge in [-0.05, 0) is 38.0 Å². The van der Waals surface area contributed by atoms with Crippen molar-refractivity contribution in [3.05, 3.63) is 0 Å². The van der Waals surface area contributed by atoms with Crippen molar-refractivity contribution in [1.82, 2.24) is 0 Å². The summed E-state index contributed by atoms with van der Waals surface area (Å²) in [6.07, 6.45) is 8.07. The van der Waals surface area contributed by atoms with E-state index in [2.05, 4.69) is 0 Å². The zero-order chi connectivity index (χ0) is 9.31. The lowest BCUT2D eigenvalue weighted by Crippen LogP contribution is -2.42. The van der Waals surface area contributed by atoms with Gasteiger partial charge in [0.1, 0.15) is 5.60 Å². The number of fused-ring (bicyclic) bond motifs is 2. The lowest BCUT2D eigenvalue weighted by Gasteiger charge is -2.43. The van der Waals surface area contributed by atoms with Gasteiger partial charge in [-0.2, -0.15) is 0 Å². The molecule has 0 atom stereocenters. The maximum absolute atomic E-state index is 10.8. The summed E-state index contributed by atoms with van der Waals surface area (Å²) in [5.41, 5.74) is -0.803. The van der Waals surface area contributed by atoms with Gasteiger partial charge < -0.3 is 4.74 Å². The highest BCUT2D eigenvalue weighted by Crippen LogP contribution is 2.45. The molecule has 0 amide bonds. The lowest BCUT2D eigenvalue weighted by molar-refractivity contribution is -0.0485. The Hall–Kier alpha value is -0.240. The molecule has 0 saturated heterocycles. The Labute approximate surface area is 91.0 Å². The van der Waals surface area contributed by atoms with Crippen molar-refractivity contribution in [2.75, 3.05) is 0 Å². The summed E-state index contributed by atoms with van der Waals surface area (Å²) in [4.78, 5) is 10.8. The van der Waals surface area contributed by atoms with E-state index in [1.807, 2.05) is 0 Å². The minimum absolute atomic E-state index is 0. The maximum atomic E-state index is 10.8. The van der Waals surface area contributed by atoms with Crippen molar-refractivity contribution < 1.29 is 9.53 Å². The summed E-state index contributed by atoms with van der Waals surface area (Å²) in [7, 11) is 0. The third-order valence-electron chi connectivity index (χ3n) is 3.45. The molecule has 2 rings (SSSR count). The number of rotatable bonds is 1. The van der Waals surface area contributed by atoms with Crippen molar-refractivity contribution >= 4 is 17.0 Å². The minimum atomic E-state index is -0.623. The number of hydrogen-bond donors (Lipinski definition) is 0. The van der Waals surface area contributed by atoms with Crippen LogP contribution in [-0.4, -0.2) is 11.0 Å². The summed E-state index contributed by atoms with van der Waals surface area (Å²) < 4.78 is 5.28. The Morgan fingerprint density at radius 2 is 1.86 bits per heavy atom. The summed E-state index contributed by atoms with van der Waals surface area (Å²) in [5, 5.41) is 0. The van der Waals surface area contributed by atoms with Crippen molar-refractivity contribution in [1.29, 1.82) is 0 Å². The molecule has 0 aromatic carbocycles. The SMILES string of the molecule is C.O=C(Cl)OC12CCCC(CCC1)C2. The Balaban J connectivity index is 0.000000980. The van der Waals surface area contributed by atoms with Gasteiger partial charge in [0.15, 0.2) is 0 Å². The molecule has 2 aliphatic carbocycles. The molecule has 14 heavy (non-hydrogen) atoms. The summed E-state index contributed by atoms with van der Waals surface area (Å²) in [6, 6.07) is 0. The van der Waals surface area contributed by atoms with Gasteiger partial charge in [0, 0.05) is 11.6 Å². The fourth-order valence-electron chi connectivity index (χ4n) is 2.94. The second-order valence-corrected chi connectivity index (χ2v) is 4.69. The Kier molecular flexibility index (Phi) is 3.82. The average Bonchev–Trinajstić information content (AvgIpc) is 2.02. The molecule has 2 nitrogen and oxygen atoms in total. The summed E-state index contributed by atoms with van der Waals surface area (Å²) in [6.45, 7) is 0. The monoisotopic (exact) mass is 218 g/mol. The van der Waals surface area contributed by atoms with Crippen LogP contribution >= 0.6 is 11.6 Å². The lowest BCUT2D eigenvalue weighted by atomic mass is 9.69. The van der Waals surface area contributed by atoms with Crippen molar-refractivity contribution in [3.63, 3.8) is 0 Å². The molecule has 2 bridgehead atoms. The van der Waals surface area contributed by atoms with Crippen LogP contribution in [0, 0.1) is 5.92 Å². The molecule has 0 heterocycles. The number of carbonyl (C=O) groups excluding carboxylic acids is 1. The molecular formula is C11H19ClO2. The van der Waals surface area contributed by atoms with Gasteiger partial charge in [-0.1, -0.05) is 20.3 Å². The van der Waals surface area contributed by atoms with Gasteiger partial charge in [-0.15, -0.1) is 0 Å². The van der Waals surface area contributed by atoms with Crippen LogP contribution in [0.1, 0.15) is 52.4 Å². The molecule has 82 valence electrons. The summed E-state index contributed by atoms with van der Waals surface area (Å²) in [5.74, 6) is 0.776. The van der Waals surface area contributed by atoms with E-state index in [1.165, 1.54) is 25.7 Å². The average molecular weight is 219 g/mol. The molecule has 0 aromatic heterocycles. The van der Waals surface area contributed by atoms with E-state index >= 15 is 0 Å².